The van der Waals surface area contributed by atoms with Crippen LogP contribution in [-0.4, -0.2) is 48.7 Å². The quantitative estimate of drug-likeness (QED) is 0.648. The Kier molecular flexibility index (Phi) is 5.75. The topological polar surface area (TPSA) is 67.9 Å². The third kappa shape index (κ3) is 5.01. The average Bonchev–Trinajstić information content (AvgIpc) is 2.59. The summed E-state index contributed by atoms with van der Waals surface area (Å²) in [6, 6.07) is 8.14. The molecular weight excluding hydrogens is 344 g/mol. The van der Waals surface area contributed by atoms with Crippen molar-refractivity contribution in [3.8, 4) is 0 Å². The largest absolute Gasteiger partial charge is 0.454 e. The fraction of sp³-hybridized carbons (Fsp3) is 0.619. The van der Waals surface area contributed by atoms with E-state index in [9.17, 15) is 9.59 Å². The van der Waals surface area contributed by atoms with Crippen LogP contribution < -0.4 is 5.32 Å². The number of piperidine rings is 1. The highest BCUT2D eigenvalue weighted by molar-refractivity contribution is 5.76. The summed E-state index contributed by atoms with van der Waals surface area (Å²) in [5.74, 6) is -0.122. The third-order valence-corrected chi connectivity index (χ3v) is 5.14. The molecule has 1 fully saturated rings. The molecule has 0 unspecified atom stereocenters. The summed E-state index contributed by atoms with van der Waals surface area (Å²) in [4.78, 5) is 26.1. The van der Waals surface area contributed by atoms with Crippen LogP contribution in [0.3, 0.4) is 0 Å². The number of hydrogen-bond donors (Lipinski definition) is 1. The van der Waals surface area contributed by atoms with Gasteiger partial charge in [-0.3, -0.25) is 4.79 Å². The molecule has 1 aromatic carbocycles. The maximum atomic E-state index is 12.1. The van der Waals surface area contributed by atoms with Gasteiger partial charge in [-0.2, -0.15) is 0 Å². The molecule has 2 aliphatic heterocycles. The second-order valence-electron chi connectivity index (χ2n) is 8.43. The van der Waals surface area contributed by atoms with Crippen LogP contribution in [0.5, 0.6) is 0 Å². The minimum absolute atomic E-state index is 0.122. The Hall–Kier alpha value is -2.08. The number of alkyl carbamates (subject to hydrolysis) is 1. The normalized spacial score (nSPS) is 19.3. The monoisotopic (exact) mass is 374 g/mol. The number of hydrogen-bond acceptors (Lipinski definition) is 5. The first kappa shape index (κ1) is 19.7. The fourth-order valence-electron chi connectivity index (χ4n) is 3.90. The lowest BCUT2D eigenvalue weighted by Crippen LogP contribution is -2.48. The molecule has 1 saturated heterocycles. The molecule has 0 aliphatic carbocycles. The zero-order chi connectivity index (χ0) is 19.5. The summed E-state index contributed by atoms with van der Waals surface area (Å²) < 4.78 is 11.1. The van der Waals surface area contributed by atoms with Gasteiger partial charge in [0.15, 0.2) is 0 Å². The number of rotatable bonds is 4. The minimum Gasteiger partial charge on any atom is -0.454 e. The molecule has 0 bridgehead atoms. The van der Waals surface area contributed by atoms with E-state index in [4.69, 9.17) is 9.47 Å². The van der Waals surface area contributed by atoms with Gasteiger partial charge in [-0.25, -0.2) is 4.79 Å². The molecule has 1 aromatic rings. The van der Waals surface area contributed by atoms with Crippen LogP contribution in [0.15, 0.2) is 24.3 Å². The van der Waals surface area contributed by atoms with Crippen molar-refractivity contribution in [2.75, 3.05) is 26.2 Å². The molecule has 148 valence electrons. The molecule has 1 spiro atoms. The standard InChI is InChI=1S/C21H30N2O4/c1-20(2,3)27-19(25)22-11-6-12-23-13-9-21(10-14-23)17-8-5-4-7-16(17)15-18(24)26-21/h4-5,7-8H,6,9-15H2,1-3H3,(H,22,25). The Morgan fingerprint density at radius 1 is 1.26 bits per heavy atom. The van der Waals surface area contributed by atoms with Gasteiger partial charge in [0.05, 0.1) is 6.42 Å². The van der Waals surface area contributed by atoms with Crippen molar-refractivity contribution in [2.24, 2.45) is 0 Å². The van der Waals surface area contributed by atoms with Gasteiger partial charge in [-0.05, 0) is 44.9 Å². The molecule has 0 aromatic heterocycles. The molecule has 2 heterocycles. The second kappa shape index (κ2) is 7.89. The molecule has 6 nitrogen and oxygen atoms in total. The summed E-state index contributed by atoms with van der Waals surface area (Å²) in [6.45, 7) is 8.82. The van der Waals surface area contributed by atoms with Gasteiger partial charge in [-0.1, -0.05) is 24.3 Å². The van der Waals surface area contributed by atoms with Crippen LogP contribution in [0.4, 0.5) is 4.79 Å². The molecule has 1 amide bonds. The predicted molar refractivity (Wildman–Crippen MR) is 102 cm³/mol. The lowest BCUT2D eigenvalue weighted by atomic mass is 9.79. The van der Waals surface area contributed by atoms with E-state index >= 15 is 0 Å². The smallest absolute Gasteiger partial charge is 0.407 e. The molecule has 1 N–H and O–H groups in total. The van der Waals surface area contributed by atoms with Crippen LogP contribution in [-0.2, 0) is 26.3 Å². The van der Waals surface area contributed by atoms with Gasteiger partial charge in [0.25, 0.3) is 0 Å². The Morgan fingerprint density at radius 2 is 1.96 bits per heavy atom. The summed E-state index contributed by atoms with van der Waals surface area (Å²) >= 11 is 0. The number of esters is 1. The highest BCUT2D eigenvalue weighted by Gasteiger charge is 2.43. The average molecular weight is 374 g/mol. The zero-order valence-electron chi connectivity index (χ0n) is 16.5. The number of fused-ring (bicyclic) bond motifs is 2. The van der Waals surface area contributed by atoms with Crippen molar-refractivity contribution >= 4 is 12.1 Å². The predicted octanol–water partition coefficient (Wildman–Crippen LogP) is 2.99. The van der Waals surface area contributed by atoms with Gasteiger partial charge in [-0.15, -0.1) is 0 Å². The maximum Gasteiger partial charge on any atom is 0.407 e. The third-order valence-electron chi connectivity index (χ3n) is 5.14. The van der Waals surface area contributed by atoms with Crippen molar-refractivity contribution in [2.45, 2.75) is 57.7 Å². The van der Waals surface area contributed by atoms with Crippen molar-refractivity contribution in [3.63, 3.8) is 0 Å². The van der Waals surface area contributed by atoms with E-state index in [1.54, 1.807) is 0 Å². The van der Waals surface area contributed by atoms with E-state index in [0.29, 0.717) is 13.0 Å². The summed E-state index contributed by atoms with van der Waals surface area (Å²) in [5, 5.41) is 2.80. The molecule has 0 saturated carbocycles. The van der Waals surface area contributed by atoms with E-state index in [1.165, 1.54) is 5.56 Å². The first-order valence-corrected chi connectivity index (χ1v) is 9.77. The molecule has 6 heteroatoms. The van der Waals surface area contributed by atoms with E-state index < -0.39 is 11.2 Å². The lowest BCUT2D eigenvalue weighted by molar-refractivity contribution is -0.169. The molecule has 0 atom stereocenters. The minimum atomic E-state index is -0.473. The lowest BCUT2D eigenvalue weighted by Gasteiger charge is -2.44. The number of nitrogens with one attached hydrogen (secondary N) is 1. The number of carbonyl (C=O) groups excluding carboxylic acids is 2. The van der Waals surface area contributed by atoms with Crippen molar-refractivity contribution in [1.82, 2.24) is 10.2 Å². The zero-order valence-corrected chi connectivity index (χ0v) is 16.5. The van der Waals surface area contributed by atoms with Crippen LogP contribution in [0.25, 0.3) is 0 Å². The Balaban J connectivity index is 1.46. The number of likely N-dealkylation sites (tertiary alicyclic amines) is 1. The van der Waals surface area contributed by atoms with Crippen molar-refractivity contribution < 1.29 is 19.1 Å². The van der Waals surface area contributed by atoms with Gasteiger partial charge in [0, 0.05) is 32.5 Å². The van der Waals surface area contributed by atoms with E-state index in [0.717, 1.165) is 44.5 Å². The first-order chi connectivity index (χ1) is 12.8. The second-order valence-corrected chi connectivity index (χ2v) is 8.43. The highest BCUT2D eigenvalue weighted by atomic mass is 16.6. The summed E-state index contributed by atoms with van der Waals surface area (Å²) in [6.07, 6.45) is 2.50. The van der Waals surface area contributed by atoms with Gasteiger partial charge >= 0.3 is 12.1 Å². The summed E-state index contributed by atoms with van der Waals surface area (Å²) in [7, 11) is 0. The molecular formula is C21H30N2O4. The molecule has 3 rings (SSSR count). The molecule has 27 heavy (non-hydrogen) atoms. The Morgan fingerprint density at radius 3 is 2.67 bits per heavy atom. The van der Waals surface area contributed by atoms with Gasteiger partial charge in [0.2, 0.25) is 0 Å². The molecule has 0 radical (unpaired) electrons. The Bertz CT molecular complexity index is 688. The number of nitrogens with zero attached hydrogens (tertiary/aromatic N) is 1. The number of carbonyl (C=O) groups is 2. The van der Waals surface area contributed by atoms with E-state index in [2.05, 4.69) is 16.3 Å². The SMILES string of the molecule is CC(C)(C)OC(=O)NCCCN1CCC2(CC1)OC(=O)Cc1ccccc12. The highest BCUT2D eigenvalue weighted by Crippen LogP contribution is 2.41. The maximum absolute atomic E-state index is 12.1. The number of amides is 1. The van der Waals surface area contributed by atoms with Crippen molar-refractivity contribution in [3.05, 3.63) is 35.4 Å². The fourth-order valence-corrected chi connectivity index (χ4v) is 3.90. The number of ether oxygens (including phenoxy) is 2. The van der Waals surface area contributed by atoms with Crippen LogP contribution in [0.2, 0.25) is 0 Å². The van der Waals surface area contributed by atoms with Crippen LogP contribution in [0.1, 0.15) is 51.2 Å². The van der Waals surface area contributed by atoms with Gasteiger partial charge in [0.1, 0.15) is 11.2 Å². The molecule has 2 aliphatic rings. The first-order valence-electron chi connectivity index (χ1n) is 9.77. The van der Waals surface area contributed by atoms with Gasteiger partial charge < -0.3 is 19.7 Å². The van der Waals surface area contributed by atoms with E-state index in [1.807, 2.05) is 39.0 Å². The number of benzene rings is 1. The Labute approximate surface area is 161 Å². The van der Waals surface area contributed by atoms with Crippen LogP contribution >= 0.6 is 0 Å². The van der Waals surface area contributed by atoms with Crippen LogP contribution in [0, 0.1) is 0 Å². The van der Waals surface area contributed by atoms with Crippen molar-refractivity contribution in [1.29, 1.82) is 0 Å². The van der Waals surface area contributed by atoms with E-state index in [-0.39, 0.29) is 12.1 Å². The summed E-state index contributed by atoms with van der Waals surface area (Å²) in [5.41, 5.74) is 1.34.